The van der Waals surface area contributed by atoms with E-state index in [1.165, 1.54) is 17.2 Å². The summed E-state index contributed by atoms with van der Waals surface area (Å²) in [5.41, 5.74) is 3.84. The lowest BCUT2D eigenvalue weighted by Crippen LogP contribution is -2.14. The SMILES string of the molecule is Cc1cc(C(=O)CC2CCCc3ccccc32)ccc1F. The molecule has 1 atom stereocenters. The topological polar surface area (TPSA) is 17.1 Å². The van der Waals surface area contributed by atoms with Crippen molar-refractivity contribution in [3.8, 4) is 0 Å². The van der Waals surface area contributed by atoms with Gasteiger partial charge in [-0.2, -0.15) is 0 Å². The van der Waals surface area contributed by atoms with Crippen LogP contribution in [0.25, 0.3) is 0 Å². The van der Waals surface area contributed by atoms with Gasteiger partial charge in [0, 0.05) is 12.0 Å². The van der Waals surface area contributed by atoms with Crippen LogP contribution in [0.15, 0.2) is 42.5 Å². The van der Waals surface area contributed by atoms with Gasteiger partial charge in [0.1, 0.15) is 5.82 Å². The highest BCUT2D eigenvalue weighted by molar-refractivity contribution is 5.96. The molecule has 0 amide bonds. The fourth-order valence-corrected chi connectivity index (χ4v) is 3.23. The van der Waals surface area contributed by atoms with E-state index < -0.39 is 0 Å². The van der Waals surface area contributed by atoms with Crippen LogP contribution in [0.3, 0.4) is 0 Å². The van der Waals surface area contributed by atoms with Crippen LogP contribution in [0.5, 0.6) is 0 Å². The Morgan fingerprint density at radius 1 is 1.24 bits per heavy atom. The lowest BCUT2D eigenvalue weighted by Gasteiger charge is -2.25. The lowest BCUT2D eigenvalue weighted by atomic mass is 9.79. The first-order valence-corrected chi connectivity index (χ1v) is 7.52. The zero-order chi connectivity index (χ0) is 14.8. The Morgan fingerprint density at radius 3 is 2.86 bits per heavy atom. The molecule has 2 aromatic rings. The Morgan fingerprint density at radius 2 is 2.05 bits per heavy atom. The van der Waals surface area contributed by atoms with E-state index in [4.69, 9.17) is 0 Å². The molecule has 0 spiro atoms. The molecule has 0 radical (unpaired) electrons. The van der Waals surface area contributed by atoms with E-state index in [0.717, 1.165) is 19.3 Å². The molecule has 1 nitrogen and oxygen atoms in total. The zero-order valence-corrected chi connectivity index (χ0v) is 12.2. The Bertz CT molecular complexity index is 675. The van der Waals surface area contributed by atoms with Gasteiger partial charge in [0.25, 0.3) is 0 Å². The van der Waals surface area contributed by atoms with Crippen molar-refractivity contribution in [3.05, 3.63) is 70.5 Å². The van der Waals surface area contributed by atoms with E-state index >= 15 is 0 Å². The second kappa shape index (κ2) is 5.80. The number of ketones is 1. The molecule has 0 aromatic heterocycles. The molecule has 0 bridgehead atoms. The van der Waals surface area contributed by atoms with Crippen LogP contribution >= 0.6 is 0 Å². The van der Waals surface area contributed by atoms with E-state index in [0.29, 0.717) is 23.5 Å². The summed E-state index contributed by atoms with van der Waals surface area (Å²) in [4.78, 5) is 12.5. The van der Waals surface area contributed by atoms with Gasteiger partial charge < -0.3 is 0 Å². The van der Waals surface area contributed by atoms with Crippen molar-refractivity contribution in [1.29, 1.82) is 0 Å². The van der Waals surface area contributed by atoms with Crippen molar-refractivity contribution < 1.29 is 9.18 Å². The molecule has 1 unspecified atom stereocenters. The Hall–Kier alpha value is -1.96. The molecular formula is C19H19FO. The Labute approximate surface area is 124 Å². The first-order valence-electron chi connectivity index (χ1n) is 7.52. The number of fused-ring (bicyclic) bond motifs is 1. The van der Waals surface area contributed by atoms with Crippen LogP contribution in [0, 0.1) is 12.7 Å². The summed E-state index contributed by atoms with van der Waals surface area (Å²) < 4.78 is 13.3. The van der Waals surface area contributed by atoms with Crippen LogP contribution in [0.2, 0.25) is 0 Å². The van der Waals surface area contributed by atoms with Crippen molar-refractivity contribution in [3.63, 3.8) is 0 Å². The Kier molecular flexibility index (Phi) is 3.87. The van der Waals surface area contributed by atoms with Crippen molar-refractivity contribution in [1.82, 2.24) is 0 Å². The van der Waals surface area contributed by atoms with Gasteiger partial charge in [-0.15, -0.1) is 0 Å². The molecule has 0 heterocycles. The van der Waals surface area contributed by atoms with Crippen LogP contribution < -0.4 is 0 Å². The predicted octanol–water partition coefficient (Wildman–Crippen LogP) is 4.83. The second-order valence-electron chi connectivity index (χ2n) is 5.88. The van der Waals surface area contributed by atoms with Crippen LogP contribution in [-0.2, 0) is 6.42 Å². The van der Waals surface area contributed by atoms with Crippen LogP contribution in [-0.4, -0.2) is 5.78 Å². The number of hydrogen-bond donors (Lipinski definition) is 0. The third-order valence-electron chi connectivity index (χ3n) is 4.41. The quantitative estimate of drug-likeness (QED) is 0.737. The molecule has 0 saturated carbocycles. The second-order valence-corrected chi connectivity index (χ2v) is 5.88. The first-order chi connectivity index (χ1) is 10.1. The summed E-state index contributed by atoms with van der Waals surface area (Å²) in [6.45, 7) is 1.70. The smallest absolute Gasteiger partial charge is 0.163 e. The molecule has 0 N–H and O–H groups in total. The number of halogens is 1. The molecule has 3 rings (SSSR count). The number of Topliss-reactive ketones (excluding diaryl/α,β-unsaturated/α-hetero) is 1. The fourth-order valence-electron chi connectivity index (χ4n) is 3.23. The summed E-state index contributed by atoms with van der Waals surface area (Å²) in [5.74, 6) is 0.155. The summed E-state index contributed by atoms with van der Waals surface area (Å²) >= 11 is 0. The number of rotatable bonds is 3. The van der Waals surface area contributed by atoms with Gasteiger partial charge in [0.2, 0.25) is 0 Å². The summed E-state index contributed by atoms with van der Waals surface area (Å²) in [6, 6.07) is 13.1. The van der Waals surface area contributed by atoms with Gasteiger partial charge >= 0.3 is 0 Å². The lowest BCUT2D eigenvalue weighted by molar-refractivity contribution is 0.0971. The van der Waals surface area contributed by atoms with Gasteiger partial charge in [-0.05, 0) is 67.0 Å². The van der Waals surface area contributed by atoms with E-state index in [9.17, 15) is 9.18 Å². The third-order valence-corrected chi connectivity index (χ3v) is 4.41. The normalized spacial score (nSPS) is 17.3. The number of hydrogen-bond acceptors (Lipinski definition) is 1. The Balaban J connectivity index is 1.81. The van der Waals surface area contributed by atoms with Crippen molar-refractivity contribution in [2.24, 2.45) is 0 Å². The predicted molar refractivity (Wildman–Crippen MR) is 82.2 cm³/mol. The first kappa shape index (κ1) is 14.0. The summed E-state index contributed by atoms with van der Waals surface area (Å²) in [6.07, 6.45) is 3.82. The molecule has 0 saturated heterocycles. The van der Waals surface area contributed by atoms with Crippen molar-refractivity contribution in [2.75, 3.05) is 0 Å². The molecule has 2 heteroatoms. The van der Waals surface area contributed by atoms with Crippen molar-refractivity contribution >= 4 is 5.78 Å². The van der Waals surface area contributed by atoms with Gasteiger partial charge in [0.05, 0.1) is 0 Å². The number of carbonyl (C=O) groups excluding carboxylic acids is 1. The zero-order valence-electron chi connectivity index (χ0n) is 12.2. The van der Waals surface area contributed by atoms with Gasteiger partial charge in [0.15, 0.2) is 5.78 Å². The molecule has 0 fully saturated rings. The fraction of sp³-hybridized carbons (Fsp3) is 0.316. The third kappa shape index (κ3) is 2.90. The molecule has 0 aliphatic heterocycles. The minimum absolute atomic E-state index is 0.111. The summed E-state index contributed by atoms with van der Waals surface area (Å²) in [5, 5.41) is 0. The maximum Gasteiger partial charge on any atom is 0.163 e. The van der Waals surface area contributed by atoms with Gasteiger partial charge in [-0.25, -0.2) is 4.39 Å². The van der Waals surface area contributed by atoms with Crippen LogP contribution in [0.4, 0.5) is 4.39 Å². The van der Waals surface area contributed by atoms with Crippen molar-refractivity contribution in [2.45, 2.75) is 38.5 Å². The minimum Gasteiger partial charge on any atom is -0.294 e. The number of carbonyl (C=O) groups is 1. The van der Waals surface area contributed by atoms with Gasteiger partial charge in [-0.3, -0.25) is 4.79 Å². The highest BCUT2D eigenvalue weighted by Gasteiger charge is 2.22. The molecule has 1 aliphatic carbocycles. The minimum atomic E-state index is -0.255. The average molecular weight is 282 g/mol. The monoisotopic (exact) mass is 282 g/mol. The highest BCUT2D eigenvalue weighted by Crippen LogP contribution is 2.34. The van der Waals surface area contributed by atoms with E-state index in [2.05, 4.69) is 18.2 Å². The molecule has 108 valence electrons. The number of benzene rings is 2. The van der Waals surface area contributed by atoms with E-state index in [1.54, 1.807) is 19.1 Å². The summed E-state index contributed by atoms with van der Waals surface area (Å²) in [7, 11) is 0. The molecule has 2 aromatic carbocycles. The average Bonchev–Trinajstić information content (AvgIpc) is 2.50. The van der Waals surface area contributed by atoms with Gasteiger partial charge in [-0.1, -0.05) is 24.3 Å². The van der Waals surface area contributed by atoms with E-state index in [1.807, 2.05) is 6.07 Å². The maximum absolute atomic E-state index is 13.3. The largest absolute Gasteiger partial charge is 0.294 e. The molecule has 1 aliphatic rings. The standard InChI is InChI=1S/C19H19FO/c1-13-11-16(9-10-18(13)20)19(21)12-15-7-4-6-14-5-2-3-8-17(14)15/h2-3,5,8-11,15H,4,6-7,12H2,1H3. The maximum atomic E-state index is 13.3. The molecular weight excluding hydrogens is 263 g/mol. The number of aryl methyl sites for hydroxylation is 2. The van der Waals surface area contributed by atoms with E-state index in [-0.39, 0.29) is 11.6 Å². The van der Waals surface area contributed by atoms with Crippen LogP contribution in [0.1, 0.15) is 52.2 Å². The molecule has 21 heavy (non-hydrogen) atoms. The highest BCUT2D eigenvalue weighted by atomic mass is 19.1.